The molecule has 27 heavy (non-hydrogen) atoms. The van der Waals surface area contributed by atoms with Gasteiger partial charge in [-0.05, 0) is 32.1 Å². The van der Waals surface area contributed by atoms with Gasteiger partial charge in [0.15, 0.2) is 0 Å². The van der Waals surface area contributed by atoms with Crippen LogP contribution in [0.3, 0.4) is 0 Å². The minimum atomic E-state index is -4.02. The van der Waals surface area contributed by atoms with Gasteiger partial charge in [-0.2, -0.15) is 8.42 Å². The number of hydrogen-bond donors (Lipinski definition) is 1. The Balaban J connectivity index is 0.000000168. The Bertz CT molecular complexity index is 997. The van der Waals surface area contributed by atoms with Crippen molar-refractivity contribution >= 4 is 15.8 Å². The molecule has 1 aliphatic carbocycles. The summed E-state index contributed by atoms with van der Waals surface area (Å²) < 4.78 is 34.9. The molecule has 0 saturated heterocycles. The maximum Gasteiger partial charge on any atom is 0.294 e. The lowest BCUT2D eigenvalue weighted by molar-refractivity contribution is 0.285. The summed E-state index contributed by atoms with van der Waals surface area (Å²) in [6.45, 7) is 4.81. The van der Waals surface area contributed by atoms with Crippen molar-refractivity contribution in [2.45, 2.75) is 25.2 Å². The van der Waals surface area contributed by atoms with E-state index in [0.29, 0.717) is 0 Å². The number of allylic oxidation sites excluding steroid dienone is 6. The van der Waals surface area contributed by atoms with Crippen molar-refractivity contribution in [1.82, 2.24) is 4.90 Å². The van der Waals surface area contributed by atoms with Crippen LogP contribution in [0.15, 0.2) is 81.3 Å². The number of nitrogens with zero attached hydrogens (tertiary/aromatic N) is 2. The average Bonchev–Trinajstić information content (AvgIpc) is 2.61. The molecule has 2 aliphatic heterocycles. The molecule has 0 saturated carbocycles. The van der Waals surface area contributed by atoms with E-state index < -0.39 is 10.1 Å². The van der Waals surface area contributed by atoms with E-state index in [1.54, 1.807) is 19.2 Å². The molecule has 0 spiro atoms. The molecule has 6 nitrogen and oxygen atoms in total. The molecule has 1 aromatic carbocycles. The van der Waals surface area contributed by atoms with E-state index in [9.17, 15) is 8.42 Å². The third kappa shape index (κ3) is 4.37. The van der Waals surface area contributed by atoms with Gasteiger partial charge in [0, 0.05) is 24.7 Å². The molecular weight excluding hydrogens is 364 g/mol. The lowest BCUT2D eigenvalue weighted by Crippen LogP contribution is -2.31. The van der Waals surface area contributed by atoms with E-state index in [1.807, 2.05) is 13.8 Å². The van der Waals surface area contributed by atoms with Crippen LogP contribution in [0.1, 0.15) is 18.9 Å². The van der Waals surface area contributed by atoms with Crippen molar-refractivity contribution in [2.75, 3.05) is 13.7 Å². The maximum absolute atomic E-state index is 10.5. The lowest BCUT2D eigenvalue weighted by atomic mass is 9.95. The van der Waals surface area contributed by atoms with Crippen LogP contribution in [-0.2, 0) is 14.9 Å². The van der Waals surface area contributed by atoms with Crippen molar-refractivity contribution in [2.24, 2.45) is 4.99 Å². The summed E-state index contributed by atoms with van der Waals surface area (Å²) in [5.74, 6) is 0.985. The van der Waals surface area contributed by atoms with Gasteiger partial charge in [0.25, 0.3) is 10.1 Å². The molecule has 0 amide bonds. The van der Waals surface area contributed by atoms with E-state index >= 15 is 0 Å². The number of hydrogen-bond acceptors (Lipinski definition) is 5. The van der Waals surface area contributed by atoms with Crippen LogP contribution in [0.2, 0.25) is 0 Å². The second-order valence-electron chi connectivity index (χ2n) is 6.47. The van der Waals surface area contributed by atoms with Gasteiger partial charge in [-0.1, -0.05) is 29.8 Å². The lowest BCUT2D eigenvalue weighted by Gasteiger charge is -2.33. The summed E-state index contributed by atoms with van der Waals surface area (Å²) in [6, 6.07) is 5.99. The fourth-order valence-corrected chi connectivity index (χ4v) is 3.55. The number of rotatable bonds is 2. The summed E-state index contributed by atoms with van der Waals surface area (Å²) in [5, 5.41) is 0. The second kappa shape index (κ2) is 7.54. The van der Waals surface area contributed by atoms with Crippen molar-refractivity contribution in [3.05, 3.63) is 77.0 Å². The van der Waals surface area contributed by atoms with Crippen LogP contribution >= 0.6 is 0 Å². The third-order valence-electron chi connectivity index (χ3n) is 4.33. The van der Waals surface area contributed by atoms with Gasteiger partial charge in [-0.3, -0.25) is 9.55 Å². The van der Waals surface area contributed by atoms with Crippen LogP contribution in [0.4, 0.5) is 0 Å². The van der Waals surface area contributed by atoms with Crippen LogP contribution in [0.5, 0.6) is 0 Å². The van der Waals surface area contributed by atoms with Crippen LogP contribution < -0.4 is 0 Å². The highest BCUT2D eigenvalue weighted by Crippen LogP contribution is 2.32. The predicted molar refractivity (Wildman–Crippen MR) is 105 cm³/mol. The Labute approximate surface area is 159 Å². The topological polar surface area (TPSA) is 79.2 Å². The van der Waals surface area contributed by atoms with Gasteiger partial charge in [-0.15, -0.1) is 0 Å². The number of ether oxygens (including phenoxy) is 1. The Kier molecular flexibility index (Phi) is 5.34. The Morgan fingerprint density at radius 2 is 1.89 bits per heavy atom. The fourth-order valence-electron chi connectivity index (χ4n) is 3.07. The van der Waals surface area contributed by atoms with Crippen molar-refractivity contribution < 1.29 is 17.7 Å². The summed E-state index contributed by atoms with van der Waals surface area (Å²) in [4.78, 5) is 6.80. The number of aryl methyl sites for hydroxylation is 1. The summed E-state index contributed by atoms with van der Waals surface area (Å²) >= 11 is 0. The Morgan fingerprint density at radius 1 is 1.19 bits per heavy atom. The van der Waals surface area contributed by atoms with Crippen molar-refractivity contribution in [3.63, 3.8) is 0 Å². The van der Waals surface area contributed by atoms with Gasteiger partial charge in [0.2, 0.25) is 0 Å². The van der Waals surface area contributed by atoms with Gasteiger partial charge >= 0.3 is 0 Å². The zero-order valence-electron chi connectivity index (χ0n) is 15.5. The zero-order chi connectivity index (χ0) is 19.6. The summed E-state index contributed by atoms with van der Waals surface area (Å²) in [7, 11) is -2.30. The van der Waals surface area contributed by atoms with E-state index in [1.165, 1.54) is 23.4 Å². The normalized spacial score (nSPS) is 17.9. The molecule has 4 rings (SSSR count). The first-order valence-corrected chi connectivity index (χ1v) is 9.94. The molecule has 142 valence electrons. The van der Waals surface area contributed by atoms with Crippen LogP contribution in [0.25, 0.3) is 0 Å². The van der Waals surface area contributed by atoms with E-state index in [2.05, 4.69) is 34.3 Å². The molecule has 0 atom stereocenters. The SMILES string of the molecule is COC1=CC2=C3C(=NC(C)=CN3CC=C2)C1.Cc1ccc(S(=O)(=O)O)cc1. The molecule has 2 heterocycles. The smallest absolute Gasteiger partial charge is 0.294 e. The highest BCUT2D eigenvalue weighted by atomic mass is 32.2. The van der Waals surface area contributed by atoms with Gasteiger partial charge < -0.3 is 9.64 Å². The molecule has 0 fully saturated rings. The first kappa shape index (κ1) is 19.1. The van der Waals surface area contributed by atoms with Gasteiger partial charge in [0.1, 0.15) is 5.76 Å². The number of benzene rings is 1. The molecule has 3 aliphatic rings. The Hall–Kier alpha value is -2.64. The fraction of sp³-hybridized carbons (Fsp3) is 0.250. The van der Waals surface area contributed by atoms with Gasteiger partial charge in [0.05, 0.1) is 29.1 Å². The quantitative estimate of drug-likeness (QED) is 0.786. The molecule has 7 heteroatoms. The van der Waals surface area contributed by atoms with E-state index in [0.717, 1.165) is 35.7 Å². The van der Waals surface area contributed by atoms with Gasteiger partial charge in [-0.25, -0.2) is 0 Å². The largest absolute Gasteiger partial charge is 0.501 e. The van der Waals surface area contributed by atoms with Crippen LogP contribution in [0, 0.1) is 6.92 Å². The predicted octanol–water partition coefficient (Wildman–Crippen LogP) is 3.60. The van der Waals surface area contributed by atoms with E-state index in [-0.39, 0.29) is 4.90 Å². The highest BCUT2D eigenvalue weighted by molar-refractivity contribution is 7.85. The summed E-state index contributed by atoms with van der Waals surface area (Å²) in [5.41, 5.74) is 5.59. The molecule has 0 aromatic heterocycles. The minimum Gasteiger partial charge on any atom is -0.501 e. The molecule has 0 radical (unpaired) electrons. The average molecular weight is 386 g/mol. The number of methoxy groups -OCH3 is 1. The first-order chi connectivity index (χ1) is 12.8. The van der Waals surface area contributed by atoms with E-state index in [4.69, 9.17) is 9.29 Å². The second-order valence-corrected chi connectivity index (χ2v) is 7.89. The van der Waals surface area contributed by atoms with Crippen LogP contribution in [-0.4, -0.2) is 37.2 Å². The zero-order valence-corrected chi connectivity index (χ0v) is 16.3. The monoisotopic (exact) mass is 386 g/mol. The molecule has 0 unspecified atom stereocenters. The Morgan fingerprint density at radius 3 is 2.52 bits per heavy atom. The first-order valence-electron chi connectivity index (χ1n) is 8.50. The summed E-state index contributed by atoms with van der Waals surface area (Å²) in [6.07, 6.45) is 9.32. The molecular formula is C20H22N2O4S. The highest BCUT2D eigenvalue weighted by Gasteiger charge is 2.27. The van der Waals surface area contributed by atoms with Crippen molar-refractivity contribution in [3.8, 4) is 0 Å². The molecule has 1 aromatic rings. The molecule has 0 bridgehead atoms. The number of aliphatic imine (C=N–C) groups is 1. The maximum atomic E-state index is 10.5. The third-order valence-corrected chi connectivity index (χ3v) is 5.19. The minimum absolute atomic E-state index is 0.0666. The standard InChI is InChI=1S/C13H14N2O.C7H8O3S/c1-9-8-15-5-3-4-10-6-11(16-2)7-12(14-9)13(10)15;1-6-2-4-7(5-3-6)11(8,9)10/h3-4,6,8H,5,7H2,1-2H3;2-5H,1H3,(H,8,9,10). The molecule has 1 N–H and O–H groups in total. The van der Waals surface area contributed by atoms with Crippen molar-refractivity contribution in [1.29, 1.82) is 0 Å².